The number of nitrogens with one attached hydrogen (secondary N) is 1. The van der Waals surface area contributed by atoms with Crippen LogP contribution in [0.15, 0.2) is 18.2 Å². The minimum atomic E-state index is -0.0273. The first kappa shape index (κ1) is 21.2. The first-order valence-electron chi connectivity index (χ1n) is 9.76. The largest absolute Gasteiger partial charge is 0.377 e. The fraction of sp³-hybridized carbons (Fsp3) is 0.619. The first-order valence-corrected chi connectivity index (χ1v) is 9.76. The Bertz CT molecular complexity index is 656. The van der Waals surface area contributed by atoms with Crippen molar-refractivity contribution in [3.8, 4) is 0 Å². The average molecular weight is 376 g/mol. The van der Waals surface area contributed by atoms with Gasteiger partial charge in [-0.1, -0.05) is 13.3 Å². The van der Waals surface area contributed by atoms with Crippen molar-refractivity contribution in [3.63, 3.8) is 0 Å². The summed E-state index contributed by atoms with van der Waals surface area (Å²) < 4.78 is 5.06. The molecule has 6 nitrogen and oxygen atoms in total. The zero-order chi connectivity index (χ0) is 20.0. The monoisotopic (exact) mass is 375 g/mol. The van der Waals surface area contributed by atoms with Crippen molar-refractivity contribution in [2.45, 2.75) is 52.1 Å². The molecule has 0 aromatic heterocycles. The Morgan fingerprint density at radius 2 is 2.00 bits per heavy atom. The van der Waals surface area contributed by atoms with E-state index in [1.165, 1.54) is 7.11 Å². The third kappa shape index (κ3) is 5.45. The summed E-state index contributed by atoms with van der Waals surface area (Å²) >= 11 is 0. The first-order chi connectivity index (χ1) is 12.9. The molecule has 1 aromatic rings. The van der Waals surface area contributed by atoms with E-state index in [1.807, 2.05) is 49.0 Å². The van der Waals surface area contributed by atoms with Gasteiger partial charge >= 0.3 is 0 Å². The molecule has 6 heteroatoms. The van der Waals surface area contributed by atoms with Gasteiger partial charge in [0.15, 0.2) is 0 Å². The molecule has 0 heterocycles. The highest BCUT2D eigenvalue weighted by Crippen LogP contribution is 2.29. The molecule has 1 saturated carbocycles. The number of benzene rings is 1. The molecule has 0 bridgehead atoms. The van der Waals surface area contributed by atoms with Crippen molar-refractivity contribution >= 4 is 23.2 Å². The van der Waals surface area contributed by atoms with Crippen molar-refractivity contribution in [1.29, 1.82) is 0 Å². The second kappa shape index (κ2) is 9.74. The van der Waals surface area contributed by atoms with Crippen LogP contribution in [0.5, 0.6) is 0 Å². The number of carbonyl (C=O) groups is 2. The SMILES string of the molecule is CC[C@@H](C)N(Cc1cc(NC(=O)C2CCC2)ccc1N(C)C)C(=O)COC. The molecule has 1 N–H and O–H groups in total. The summed E-state index contributed by atoms with van der Waals surface area (Å²) in [5, 5.41) is 3.04. The zero-order valence-corrected chi connectivity index (χ0v) is 17.2. The van der Waals surface area contributed by atoms with E-state index in [1.54, 1.807) is 0 Å². The lowest BCUT2D eigenvalue weighted by molar-refractivity contribution is -0.138. The van der Waals surface area contributed by atoms with Gasteiger partial charge < -0.3 is 19.9 Å². The number of hydrogen-bond donors (Lipinski definition) is 1. The molecular weight excluding hydrogens is 342 g/mol. The minimum Gasteiger partial charge on any atom is -0.377 e. The van der Waals surface area contributed by atoms with E-state index in [-0.39, 0.29) is 30.4 Å². The van der Waals surface area contributed by atoms with Crippen molar-refractivity contribution in [3.05, 3.63) is 23.8 Å². The van der Waals surface area contributed by atoms with Crippen LogP contribution in [-0.2, 0) is 20.9 Å². The van der Waals surface area contributed by atoms with Gasteiger partial charge in [-0.25, -0.2) is 0 Å². The highest BCUT2D eigenvalue weighted by molar-refractivity contribution is 5.93. The van der Waals surface area contributed by atoms with Crippen LogP contribution in [0.3, 0.4) is 0 Å². The molecule has 2 amide bonds. The van der Waals surface area contributed by atoms with Gasteiger partial charge in [-0.15, -0.1) is 0 Å². The van der Waals surface area contributed by atoms with Crippen LogP contribution in [0.25, 0.3) is 0 Å². The summed E-state index contributed by atoms with van der Waals surface area (Å²) in [4.78, 5) is 28.7. The lowest BCUT2D eigenvalue weighted by atomic mass is 9.85. The highest BCUT2D eigenvalue weighted by atomic mass is 16.5. The summed E-state index contributed by atoms with van der Waals surface area (Å²) in [6.45, 7) is 4.67. The second-order valence-electron chi connectivity index (χ2n) is 7.57. The Hall–Kier alpha value is -2.08. The van der Waals surface area contributed by atoms with E-state index in [4.69, 9.17) is 4.74 Å². The summed E-state index contributed by atoms with van der Waals surface area (Å²) in [5.74, 6) is 0.210. The normalized spacial score (nSPS) is 15.0. The molecule has 1 aromatic carbocycles. The van der Waals surface area contributed by atoms with Gasteiger partial charge in [0.2, 0.25) is 11.8 Å². The smallest absolute Gasteiger partial charge is 0.249 e. The van der Waals surface area contributed by atoms with E-state index >= 15 is 0 Å². The molecule has 27 heavy (non-hydrogen) atoms. The van der Waals surface area contributed by atoms with Gasteiger partial charge in [-0.05, 0) is 49.9 Å². The minimum absolute atomic E-state index is 0.0273. The molecule has 150 valence electrons. The number of hydrogen-bond acceptors (Lipinski definition) is 4. The fourth-order valence-electron chi connectivity index (χ4n) is 3.24. The molecule has 1 atom stereocenters. The highest BCUT2D eigenvalue weighted by Gasteiger charge is 2.26. The molecule has 2 rings (SSSR count). The zero-order valence-electron chi connectivity index (χ0n) is 17.2. The maximum atomic E-state index is 12.5. The Balaban J connectivity index is 2.25. The van der Waals surface area contributed by atoms with E-state index in [9.17, 15) is 9.59 Å². The summed E-state index contributed by atoms with van der Waals surface area (Å²) in [7, 11) is 5.50. The quantitative estimate of drug-likeness (QED) is 0.720. The summed E-state index contributed by atoms with van der Waals surface area (Å²) in [6.07, 6.45) is 3.95. The van der Waals surface area contributed by atoms with Crippen LogP contribution in [0.1, 0.15) is 45.1 Å². The molecule has 0 unspecified atom stereocenters. The molecule has 1 fully saturated rings. The lowest BCUT2D eigenvalue weighted by Gasteiger charge is -2.31. The van der Waals surface area contributed by atoms with Gasteiger partial charge in [0.1, 0.15) is 6.61 Å². The van der Waals surface area contributed by atoms with E-state index in [0.717, 1.165) is 42.6 Å². The average Bonchev–Trinajstić information content (AvgIpc) is 2.57. The van der Waals surface area contributed by atoms with Crippen LogP contribution in [0, 0.1) is 5.92 Å². The molecule has 0 aliphatic heterocycles. The number of ether oxygens (including phenoxy) is 1. The van der Waals surface area contributed by atoms with E-state index in [0.29, 0.717) is 6.54 Å². The molecule has 0 saturated heterocycles. The maximum Gasteiger partial charge on any atom is 0.249 e. The van der Waals surface area contributed by atoms with Crippen molar-refractivity contribution in [2.24, 2.45) is 5.92 Å². The van der Waals surface area contributed by atoms with Crippen LogP contribution in [-0.4, -0.2) is 50.6 Å². The lowest BCUT2D eigenvalue weighted by Crippen LogP contribution is -2.40. The number of rotatable bonds is 9. The number of amides is 2. The van der Waals surface area contributed by atoms with Gasteiger partial charge in [0.05, 0.1) is 0 Å². The van der Waals surface area contributed by atoms with Crippen molar-refractivity contribution in [2.75, 3.05) is 38.0 Å². The van der Waals surface area contributed by atoms with Gasteiger partial charge in [-0.3, -0.25) is 9.59 Å². The second-order valence-corrected chi connectivity index (χ2v) is 7.57. The molecule has 1 aliphatic carbocycles. The van der Waals surface area contributed by atoms with Crippen LogP contribution in [0.4, 0.5) is 11.4 Å². The third-order valence-corrected chi connectivity index (χ3v) is 5.36. The topological polar surface area (TPSA) is 61.9 Å². The number of nitrogens with zero attached hydrogens (tertiary/aromatic N) is 2. The van der Waals surface area contributed by atoms with Gasteiger partial charge in [0, 0.05) is 51.1 Å². The fourth-order valence-corrected chi connectivity index (χ4v) is 3.24. The van der Waals surface area contributed by atoms with Gasteiger partial charge in [0.25, 0.3) is 0 Å². The van der Waals surface area contributed by atoms with E-state index in [2.05, 4.69) is 12.2 Å². The van der Waals surface area contributed by atoms with Crippen molar-refractivity contribution < 1.29 is 14.3 Å². The number of methoxy groups -OCH3 is 1. The number of anilines is 2. The molecule has 1 aliphatic rings. The van der Waals surface area contributed by atoms with E-state index < -0.39 is 0 Å². The Morgan fingerprint density at radius 3 is 2.52 bits per heavy atom. The standard InChI is InChI=1S/C21H33N3O3/c1-6-15(2)24(20(25)14-27-5)13-17-12-18(10-11-19(17)23(3)4)22-21(26)16-8-7-9-16/h10-12,15-16H,6-9,13-14H2,1-5H3,(H,22,26)/t15-/m1/s1. The third-order valence-electron chi connectivity index (χ3n) is 5.36. The molecular formula is C21H33N3O3. The molecule has 0 spiro atoms. The van der Waals surface area contributed by atoms with Crippen LogP contribution >= 0.6 is 0 Å². The van der Waals surface area contributed by atoms with Crippen LogP contribution in [0.2, 0.25) is 0 Å². The summed E-state index contributed by atoms with van der Waals surface area (Å²) in [5.41, 5.74) is 2.84. The Morgan fingerprint density at radius 1 is 1.30 bits per heavy atom. The van der Waals surface area contributed by atoms with Crippen LogP contribution < -0.4 is 10.2 Å². The Kier molecular flexibility index (Phi) is 7.66. The predicted octanol–water partition coefficient (Wildman–Crippen LogP) is 3.26. The predicted molar refractivity (Wildman–Crippen MR) is 109 cm³/mol. The number of carbonyl (C=O) groups excluding carboxylic acids is 2. The van der Waals surface area contributed by atoms with Gasteiger partial charge in [-0.2, -0.15) is 0 Å². The molecule has 0 radical (unpaired) electrons. The maximum absolute atomic E-state index is 12.5. The Labute approximate surface area is 162 Å². The van der Waals surface area contributed by atoms with Crippen molar-refractivity contribution in [1.82, 2.24) is 4.90 Å². The summed E-state index contributed by atoms with van der Waals surface area (Å²) in [6, 6.07) is 6.03.